The van der Waals surface area contributed by atoms with Crippen LogP contribution in [-0.4, -0.2) is 49.3 Å². The van der Waals surface area contributed by atoms with Crippen LogP contribution in [0, 0.1) is 0 Å². The average Bonchev–Trinajstić information content (AvgIpc) is 2.59. The number of alkyl halides is 1. The van der Waals surface area contributed by atoms with E-state index in [9.17, 15) is 4.39 Å². The van der Waals surface area contributed by atoms with Crippen molar-refractivity contribution in [3.63, 3.8) is 0 Å². The maximum atomic E-state index is 14.8. The normalized spacial score (nSPS) is 29.0. The molecule has 2 aliphatic rings. The minimum absolute atomic E-state index is 0.194. The molecule has 1 aliphatic heterocycles. The molecule has 0 amide bonds. The minimum atomic E-state index is -1.01. The molecular weight excluding hydrogens is 348 g/mol. The highest BCUT2D eigenvalue weighted by Crippen LogP contribution is 2.35. The standard InChI is InChI=1S/C18H26Cl2FN3/c19-15-2-1-3-16(17(15)20)24-12-10-23(11-13-24)9-8-18(21)6-4-14(22)5-7-18/h1-3,14H,4-13,22H2. The number of nitrogens with two attached hydrogens (primary N) is 1. The van der Waals surface area contributed by atoms with E-state index in [1.165, 1.54) is 0 Å². The summed E-state index contributed by atoms with van der Waals surface area (Å²) >= 11 is 12.4. The van der Waals surface area contributed by atoms with E-state index in [2.05, 4.69) is 9.80 Å². The van der Waals surface area contributed by atoms with Crippen LogP contribution in [-0.2, 0) is 0 Å². The zero-order valence-corrected chi connectivity index (χ0v) is 15.5. The van der Waals surface area contributed by atoms with E-state index >= 15 is 0 Å². The van der Waals surface area contributed by atoms with Crippen molar-refractivity contribution in [1.82, 2.24) is 4.90 Å². The molecule has 0 unspecified atom stereocenters. The van der Waals surface area contributed by atoms with Gasteiger partial charge >= 0.3 is 0 Å². The van der Waals surface area contributed by atoms with E-state index in [1.54, 1.807) is 6.07 Å². The molecule has 1 saturated heterocycles. The van der Waals surface area contributed by atoms with Crippen molar-refractivity contribution in [3.05, 3.63) is 28.2 Å². The monoisotopic (exact) mass is 373 g/mol. The molecule has 2 N–H and O–H groups in total. The molecule has 1 heterocycles. The van der Waals surface area contributed by atoms with Gasteiger partial charge in [0.05, 0.1) is 15.7 Å². The predicted molar refractivity (Wildman–Crippen MR) is 100 cm³/mol. The minimum Gasteiger partial charge on any atom is -0.368 e. The fourth-order valence-corrected chi connectivity index (χ4v) is 4.13. The fraction of sp³-hybridized carbons (Fsp3) is 0.667. The summed E-state index contributed by atoms with van der Waals surface area (Å²) in [4.78, 5) is 4.61. The molecule has 2 fully saturated rings. The van der Waals surface area contributed by atoms with Crippen LogP contribution in [0.15, 0.2) is 18.2 Å². The van der Waals surface area contributed by atoms with Gasteiger partial charge in [0.15, 0.2) is 0 Å². The molecule has 0 radical (unpaired) electrons. The molecule has 0 aromatic heterocycles. The molecule has 3 nitrogen and oxygen atoms in total. The van der Waals surface area contributed by atoms with Crippen LogP contribution in [0.1, 0.15) is 32.1 Å². The topological polar surface area (TPSA) is 32.5 Å². The van der Waals surface area contributed by atoms with E-state index in [1.807, 2.05) is 12.1 Å². The van der Waals surface area contributed by atoms with Gasteiger partial charge in [-0.1, -0.05) is 29.3 Å². The van der Waals surface area contributed by atoms with E-state index in [0.29, 0.717) is 29.3 Å². The number of hydrogen-bond donors (Lipinski definition) is 1. The van der Waals surface area contributed by atoms with Crippen LogP contribution in [0.3, 0.4) is 0 Å². The van der Waals surface area contributed by atoms with Gasteiger partial charge in [-0.15, -0.1) is 0 Å². The van der Waals surface area contributed by atoms with Gasteiger partial charge in [-0.25, -0.2) is 4.39 Å². The van der Waals surface area contributed by atoms with Crippen LogP contribution in [0.5, 0.6) is 0 Å². The van der Waals surface area contributed by atoms with E-state index in [0.717, 1.165) is 51.3 Å². The Morgan fingerprint density at radius 2 is 1.79 bits per heavy atom. The lowest BCUT2D eigenvalue weighted by Gasteiger charge is -2.39. The third kappa shape index (κ3) is 4.34. The van der Waals surface area contributed by atoms with Gasteiger partial charge < -0.3 is 10.6 Å². The molecule has 6 heteroatoms. The van der Waals surface area contributed by atoms with Crippen molar-refractivity contribution in [2.24, 2.45) is 5.73 Å². The van der Waals surface area contributed by atoms with Crippen molar-refractivity contribution in [2.75, 3.05) is 37.6 Å². The van der Waals surface area contributed by atoms with Gasteiger partial charge in [-0.05, 0) is 44.2 Å². The Morgan fingerprint density at radius 1 is 1.12 bits per heavy atom. The van der Waals surface area contributed by atoms with Gasteiger partial charge in [-0.3, -0.25) is 4.90 Å². The second-order valence-electron chi connectivity index (χ2n) is 7.14. The van der Waals surface area contributed by atoms with Crippen LogP contribution in [0.25, 0.3) is 0 Å². The number of halogens is 3. The molecule has 134 valence electrons. The Hall–Kier alpha value is -0.550. The highest BCUT2D eigenvalue weighted by Gasteiger charge is 2.34. The number of anilines is 1. The van der Waals surface area contributed by atoms with Gasteiger partial charge in [0.2, 0.25) is 0 Å². The zero-order valence-electron chi connectivity index (χ0n) is 14.0. The van der Waals surface area contributed by atoms with E-state index in [-0.39, 0.29) is 6.04 Å². The molecule has 0 bridgehead atoms. The lowest BCUT2D eigenvalue weighted by atomic mass is 9.82. The molecule has 24 heavy (non-hydrogen) atoms. The average molecular weight is 374 g/mol. The zero-order chi connectivity index (χ0) is 17.2. The summed E-state index contributed by atoms with van der Waals surface area (Å²) in [6.07, 6.45) is 3.49. The van der Waals surface area contributed by atoms with Gasteiger partial charge in [-0.2, -0.15) is 0 Å². The van der Waals surface area contributed by atoms with Crippen LogP contribution in [0.2, 0.25) is 10.0 Å². The van der Waals surface area contributed by atoms with E-state index in [4.69, 9.17) is 28.9 Å². The molecule has 1 aromatic rings. The Bertz CT molecular complexity index is 553. The Labute approximate surface area is 153 Å². The molecule has 3 rings (SSSR count). The SMILES string of the molecule is NC1CCC(F)(CCN2CCN(c3cccc(Cl)c3Cl)CC2)CC1. The first-order valence-corrected chi connectivity index (χ1v) is 9.58. The van der Waals surface area contributed by atoms with Crippen molar-refractivity contribution in [3.8, 4) is 0 Å². The van der Waals surface area contributed by atoms with E-state index < -0.39 is 5.67 Å². The molecule has 0 spiro atoms. The smallest absolute Gasteiger partial charge is 0.112 e. The number of piperazine rings is 1. The molecule has 1 saturated carbocycles. The maximum absolute atomic E-state index is 14.8. The summed E-state index contributed by atoms with van der Waals surface area (Å²) in [6.45, 7) is 4.47. The summed E-state index contributed by atoms with van der Waals surface area (Å²) < 4.78 is 14.8. The number of benzene rings is 1. The first kappa shape index (κ1) is 18.2. The Balaban J connectivity index is 1.48. The highest BCUT2D eigenvalue weighted by atomic mass is 35.5. The summed E-state index contributed by atoms with van der Waals surface area (Å²) in [7, 11) is 0. The first-order chi connectivity index (χ1) is 11.5. The van der Waals surface area contributed by atoms with Crippen molar-refractivity contribution in [1.29, 1.82) is 0 Å². The number of nitrogens with zero attached hydrogens (tertiary/aromatic N) is 2. The summed E-state index contributed by atoms with van der Waals surface area (Å²) in [5.74, 6) is 0. The van der Waals surface area contributed by atoms with Gasteiger partial charge in [0.1, 0.15) is 5.67 Å². The maximum Gasteiger partial charge on any atom is 0.112 e. The molecular formula is C18H26Cl2FN3. The van der Waals surface area contributed by atoms with Gasteiger partial charge in [0.25, 0.3) is 0 Å². The van der Waals surface area contributed by atoms with Gasteiger partial charge in [0, 0.05) is 38.8 Å². The first-order valence-electron chi connectivity index (χ1n) is 8.83. The van der Waals surface area contributed by atoms with Crippen LogP contribution >= 0.6 is 23.2 Å². The molecule has 1 aromatic carbocycles. The summed E-state index contributed by atoms with van der Waals surface area (Å²) in [5, 5.41) is 1.21. The summed E-state index contributed by atoms with van der Waals surface area (Å²) in [6, 6.07) is 5.93. The molecule has 0 atom stereocenters. The lowest BCUT2D eigenvalue weighted by molar-refractivity contribution is 0.0727. The second kappa shape index (κ2) is 7.77. The number of rotatable bonds is 4. The second-order valence-corrected chi connectivity index (χ2v) is 7.93. The van der Waals surface area contributed by atoms with Crippen molar-refractivity contribution < 1.29 is 4.39 Å². The Kier molecular flexibility index (Phi) is 5.91. The van der Waals surface area contributed by atoms with Crippen molar-refractivity contribution >= 4 is 28.9 Å². The highest BCUT2D eigenvalue weighted by molar-refractivity contribution is 6.43. The third-order valence-electron chi connectivity index (χ3n) is 5.45. The quantitative estimate of drug-likeness (QED) is 0.861. The summed E-state index contributed by atoms with van der Waals surface area (Å²) in [5.41, 5.74) is 5.87. The van der Waals surface area contributed by atoms with Crippen molar-refractivity contribution in [2.45, 2.75) is 43.8 Å². The number of hydrogen-bond acceptors (Lipinski definition) is 3. The third-order valence-corrected chi connectivity index (χ3v) is 6.26. The fourth-order valence-electron chi connectivity index (χ4n) is 3.71. The predicted octanol–water partition coefficient (Wildman–Crippen LogP) is 4.12. The largest absolute Gasteiger partial charge is 0.368 e. The Morgan fingerprint density at radius 3 is 2.46 bits per heavy atom. The molecule has 1 aliphatic carbocycles. The van der Waals surface area contributed by atoms with Crippen LogP contribution in [0.4, 0.5) is 10.1 Å². The van der Waals surface area contributed by atoms with Crippen LogP contribution < -0.4 is 10.6 Å². The lowest BCUT2D eigenvalue weighted by Crippen LogP contribution is -2.48.